The van der Waals surface area contributed by atoms with Crippen molar-refractivity contribution < 1.29 is 12.8 Å². The van der Waals surface area contributed by atoms with E-state index in [0.717, 1.165) is 5.69 Å². The number of aryl methyl sites for hydroxylation is 2. The fourth-order valence-electron chi connectivity index (χ4n) is 3.89. The van der Waals surface area contributed by atoms with E-state index in [1.165, 1.54) is 10.5 Å². The summed E-state index contributed by atoms with van der Waals surface area (Å²) >= 11 is 0. The highest BCUT2D eigenvalue weighted by Crippen LogP contribution is 2.32. The monoisotopic (exact) mass is 468 g/mol. The van der Waals surface area contributed by atoms with Crippen LogP contribution in [0.2, 0.25) is 0 Å². The molecule has 0 saturated carbocycles. The Morgan fingerprint density at radius 3 is 2.61 bits per heavy atom. The van der Waals surface area contributed by atoms with Gasteiger partial charge in [-0.1, -0.05) is 19.1 Å². The van der Waals surface area contributed by atoms with Crippen LogP contribution in [0, 0.1) is 12.7 Å². The molecule has 0 amide bonds. The summed E-state index contributed by atoms with van der Waals surface area (Å²) in [5.74, 6) is -1.09. The van der Waals surface area contributed by atoms with Crippen LogP contribution < -0.4 is 4.72 Å². The van der Waals surface area contributed by atoms with Crippen LogP contribution in [0.15, 0.2) is 36.8 Å². The molecule has 0 aliphatic carbocycles. The zero-order valence-corrected chi connectivity index (χ0v) is 19.2. The van der Waals surface area contributed by atoms with Crippen LogP contribution in [0.4, 0.5) is 10.3 Å². The number of sulfonamides is 1. The lowest BCUT2D eigenvalue weighted by Gasteiger charge is -2.20. The Morgan fingerprint density at radius 2 is 1.88 bits per heavy atom. The van der Waals surface area contributed by atoms with Crippen LogP contribution in [0.5, 0.6) is 0 Å². The maximum absolute atomic E-state index is 15.0. The Labute approximate surface area is 188 Å². The second-order valence-corrected chi connectivity index (χ2v) is 10.1. The topological polar surface area (TPSA) is 120 Å². The van der Waals surface area contributed by atoms with Gasteiger partial charge in [0.15, 0.2) is 5.65 Å². The molecule has 5 rings (SSSR count). The number of nitrogens with one attached hydrogen (secondary N) is 1. The lowest BCUT2D eigenvalue weighted by molar-refractivity contribution is 0.571. The Morgan fingerprint density at radius 1 is 1.09 bits per heavy atom. The first-order chi connectivity index (χ1) is 15.7. The average molecular weight is 469 g/mol. The van der Waals surface area contributed by atoms with E-state index < -0.39 is 27.0 Å². The summed E-state index contributed by atoms with van der Waals surface area (Å²) in [5, 5.41) is 13.0. The molecule has 0 radical (unpaired) electrons. The average Bonchev–Trinajstić information content (AvgIpc) is 3.36. The van der Waals surface area contributed by atoms with E-state index in [4.69, 9.17) is 0 Å². The lowest BCUT2D eigenvalue weighted by Crippen LogP contribution is -2.31. The van der Waals surface area contributed by atoms with Gasteiger partial charge in [-0.2, -0.15) is 5.10 Å². The molecular formula is C21H21FN8O2S. The van der Waals surface area contributed by atoms with Crippen molar-refractivity contribution in [2.75, 3.05) is 4.72 Å². The Hall–Kier alpha value is -3.67. The molecule has 2 atom stereocenters. The predicted octanol–water partition coefficient (Wildman–Crippen LogP) is 2.94. The van der Waals surface area contributed by atoms with Gasteiger partial charge in [-0.25, -0.2) is 12.8 Å². The largest absolute Gasteiger partial charge is 0.274 e. The third-order valence-corrected chi connectivity index (χ3v) is 7.75. The summed E-state index contributed by atoms with van der Waals surface area (Å²) in [5.41, 5.74) is 2.21. The van der Waals surface area contributed by atoms with Crippen molar-refractivity contribution in [1.29, 1.82) is 0 Å². The van der Waals surface area contributed by atoms with Crippen LogP contribution in [0.3, 0.4) is 0 Å². The van der Waals surface area contributed by atoms with E-state index in [0.29, 0.717) is 22.0 Å². The Bertz CT molecular complexity index is 1630. The van der Waals surface area contributed by atoms with E-state index in [1.807, 2.05) is 6.92 Å². The maximum atomic E-state index is 15.0. The van der Waals surface area contributed by atoms with Crippen LogP contribution >= 0.6 is 0 Å². The molecule has 33 heavy (non-hydrogen) atoms. The minimum Gasteiger partial charge on any atom is -0.274 e. The number of benzene rings is 1. The van der Waals surface area contributed by atoms with Crippen molar-refractivity contribution in [1.82, 2.24) is 34.3 Å². The third kappa shape index (κ3) is 3.37. The maximum Gasteiger partial charge on any atom is 0.243 e. The summed E-state index contributed by atoms with van der Waals surface area (Å²) < 4.78 is 47.0. The van der Waals surface area contributed by atoms with Gasteiger partial charge in [0.2, 0.25) is 16.0 Å². The highest BCUT2D eigenvalue weighted by molar-refractivity contribution is 7.93. The van der Waals surface area contributed by atoms with Crippen LogP contribution in [0.25, 0.3) is 27.5 Å². The number of fused-ring (bicyclic) bond motifs is 6. The Kier molecular flexibility index (Phi) is 4.78. The normalized spacial score (nSPS) is 14.2. The first-order valence-corrected chi connectivity index (χ1v) is 11.8. The number of para-hydroxylation sites is 1. The molecule has 12 heteroatoms. The second kappa shape index (κ2) is 7.44. The second-order valence-electron chi connectivity index (χ2n) is 8.11. The molecule has 0 aliphatic heterocycles. The van der Waals surface area contributed by atoms with Gasteiger partial charge in [-0.05, 0) is 19.9 Å². The molecule has 0 unspecified atom stereocenters. The van der Waals surface area contributed by atoms with Crippen LogP contribution in [-0.4, -0.2) is 48.0 Å². The molecule has 10 nitrogen and oxygen atoms in total. The highest BCUT2D eigenvalue weighted by Gasteiger charge is 2.31. The minimum absolute atomic E-state index is 0.110. The van der Waals surface area contributed by atoms with Gasteiger partial charge in [0.1, 0.15) is 11.3 Å². The van der Waals surface area contributed by atoms with Gasteiger partial charge >= 0.3 is 0 Å². The summed E-state index contributed by atoms with van der Waals surface area (Å²) in [4.78, 5) is 8.50. The number of rotatable bonds is 5. The Balaban J connectivity index is 1.63. The SMILES string of the molecule is Cc1cnc([C@@H](C)[C@H](C)S(=O)(=O)Nc2nnc3c4nn(C)cc4c4cccc(F)c4n23)cn1. The minimum atomic E-state index is -3.95. The van der Waals surface area contributed by atoms with E-state index in [-0.39, 0.29) is 17.1 Å². The fourth-order valence-corrected chi connectivity index (χ4v) is 5.14. The number of nitrogens with zero attached hydrogens (tertiary/aromatic N) is 7. The van der Waals surface area contributed by atoms with Crippen molar-refractivity contribution in [3.05, 3.63) is 54.0 Å². The summed E-state index contributed by atoms with van der Waals surface area (Å²) in [6.07, 6.45) is 4.93. The predicted molar refractivity (Wildman–Crippen MR) is 122 cm³/mol. The zero-order chi connectivity index (χ0) is 23.5. The molecule has 170 valence electrons. The van der Waals surface area contributed by atoms with Crippen molar-refractivity contribution in [3.8, 4) is 0 Å². The van der Waals surface area contributed by atoms with E-state index >= 15 is 0 Å². The molecule has 0 spiro atoms. The molecule has 0 aliphatic rings. The lowest BCUT2D eigenvalue weighted by atomic mass is 10.1. The van der Waals surface area contributed by atoms with Gasteiger partial charge in [-0.3, -0.25) is 23.8 Å². The molecular weight excluding hydrogens is 447 g/mol. The van der Waals surface area contributed by atoms with Crippen LogP contribution in [0.1, 0.15) is 31.2 Å². The van der Waals surface area contributed by atoms with Gasteiger partial charge in [-0.15, -0.1) is 10.2 Å². The van der Waals surface area contributed by atoms with Gasteiger partial charge in [0.25, 0.3) is 0 Å². The zero-order valence-electron chi connectivity index (χ0n) is 18.4. The standard InChI is InChI=1S/C21H21FN8O2S/c1-11-8-24-17(9-23-11)12(2)13(3)33(31,32)28-21-26-25-20-18-15(10-29(4)27-18)14-6-5-7-16(22)19(14)30(20)21/h5-10,12-13H,1-4H3,(H,26,28)/t12-,13-/m0/s1. The van der Waals surface area contributed by atoms with E-state index in [9.17, 15) is 12.8 Å². The van der Waals surface area contributed by atoms with Crippen molar-refractivity contribution in [2.45, 2.75) is 31.9 Å². The van der Waals surface area contributed by atoms with Gasteiger partial charge in [0.05, 0.1) is 22.2 Å². The van der Waals surface area contributed by atoms with E-state index in [1.54, 1.807) is 56.3 Å². The molecule has 1 aromatic carbocycles. The number of hydrogen-bond acceptors (Lipinski definition) is 7. The van der Waals surface area contributed by atoms with E-state index in [2.05, 4.69) is 30.0 Å². The number of hydrogen-bond donors (Lipinski definition) is 1. The molecule has 5 aromatic rings. The molecule has 0 fully saturated rings. The van der Waals surface area contributed by atoms with Crippen molar-refractivity contribution in [2.24, 2.45) is 7.05 Å². The summed E-state index contributed by atoms with van der Waals surface area (Å²) in [6, 6.07) is 4.65. The third-order valence-electron chi connectivity index (χ3n) is 5.90. The summed E-state index contributed by atoms with van der Waals surface area (Å²) in [7, 11) is -2.20. The molecule has 4 aromatic heterocycles. The quantitative estimate of drug-likeness (QED) is 0.421. The molecule has 4 heterocycles. The molecule has 0 bridgehead atoms. The first kappa shape index (κ1) is 21.2. The summed E-state index contributed by atoms with van der Waals surface area (Å²) in [6.45, 7) is 5.15. The highest BCUT2D eigenvalue weighted by atomic mass is 32.2. The van der Waals surface area contributed by atoms with Crippen molar-refractivity contribution >= 4 is 43.4 Å². The van der Waals surface area contributed by atoms with Crippen LogP contribution in [-0.2, 0) is 17.1 Å². The van der Waals surface area contributed by atoms with Gasteiger partial charge < -0.3 is 0 Å². The molecule has 0 saturated heterocycles. The number of anilines is 1. The van der Waals surface area contributed by atoms with Gasteiger partial charge in [0, 0.05) is 42.3 Å². The first-order valence-electron chi connectivity index (χ1n) is 10.3. The molecule has 1 N–H and O–H groups in total. The number of aromatic nitrogens is 7. The number of pyridine rings is 1. The van der Waals surface area contributed by atoms with Crippen molar-refractivity contribution in [3.63, 3.8) is 0 Å². The smallest absolute Gasteiger partial charge is 0.243 e. The fraction of sp³-hybridized carbons (Fsp3) is 0.286. The number of halogens is 1.